The number of hydrogen-bond donors (Lipinski definition) is 0. The molecule has 0 radical (unpaired) electrons. The number of benzene rings is 8. The molecule has 0 fully saturated rings. The molecule has 0 bridgehead atoms. The molecule has 0 saturated heterocycles. The van der Waals surface area contributed by atoms with Gasteiger partial charge in [0.25, 0.3) is 0 Å². The summed E-state index contributed by atoms with van der Waals surface area (Å²) in [7, 11) is 0. The third kappa shape index (κ3) is 4.44. The molecule has 0 aliphatic rings. The predicted molar refractivity (Wildman–Crippen MR) is 204 cm³/mol. The maximum absolute atomic E-state index is 6.50. The van der Waals surface area contributed by atoms with Crippen LogP contribution in [0, 0.1) is 0 Å². The van der Waals surface area contributed by atoms with Crippen LogP contribution in [0.2, 0.25) is 0 Å². The molecule has 49 heavy (non-hydrogen) atoms. The van der Waals surface area contributed by atoms with E-state index in [1.54, 1.807) is 0 Å². The first kappa shape index (κ1) is 27.5. The SMILES string of the molecule is c1ccc(-c2cc3oc4ccc(-c5ccc(N(c6ccccc6)c6cccc7c6oc6ccccc67)cc5)cc4c3c3ccccc23)cc1. The Morgan fingerprint density at radius 1 is 0.347 bits per heavy atom. The Labute approximate surface area is 282 Å². The molecule has 10 aromatic rings. The minimum Gasteiger partial charge on any atom is -0.456 e. The van der Waals surface area contributed by atoms with E-state index in [1.165, 1.54) is 21.9 Å². The molecule has 10 rings (SSSR count). The normalized spacial score (nSPS) is 11.7. The zero-order valence-electron chi connectivity index (χ0n) is 26.5. The lowest BCUT2D eigenvalue weighted by Crippen LogP contribution is -2.10. The summed E-state index contributed by atoms with van der Waals surface area (Å²) in [6.45, 7) is 0. The van der Waals surface area contributed by atoms with Crippen molar-refractivity contribution in [3.63, 3.8) is 0 Å². The van der Waals surface area contributed by atoms with Crippen LogP contribution in [0.3, 0.4) is 0 Å². The highest BCUT2D eigenvalue weighted by Crippen LogP contribution is 2.44. The summed E-state index contributed by atoms with van der Waals surface area (Å²) in [6.07, 6.45) is 0. The minimum atomic E-state index is 0.872. The number of anilines is 3. The van der Waals surface area contributed by atoms with Crippen LogP contribution in [0.15, 0.2) is 185 Å². The third-order valence-electron chi connectivity index (χ3n) is 9.66. The quantitative estimate of drug-likeness (QED) is 0.190. The third-order valence-corrected chi connectivity index (χ3v) is 9.66. The Bertz CT molecular complexity index is 2810. The fourth-order valence-corrected chi connectivity index (χ4v) is 7.39. The first-order valence-electron chi connectivity index (χ1n) is 16.6. The average molecular weight is 628 g/mol. The van der Waals surface area contributed by atoms with Gasteiger partial charge in [-0.05, 0) is 87.6 Å². The number of rotatable bonds is 5. The average Bonchev–Trinajstić information content (AvgIpc) is 3.74. The number of nitrogens with zero attached hydrogens (tertiary/aromatic N) is 1. The Morgan fingerprint density at radius 3 is 1.80 bits per heavy atom. The molecule has 0 aliphatic heterocycles. The first-order valence-corrected chi connectivity index (χ1v) is 16.6. The molecule has 3 nitrogen and oxygen atoms in total. The summed E-state index contributed by atoms with van der Waals surface area (Å²) < 4.78 is 13.0. The Morgan fingerprint density at radius 2 is 0.980 bits per heavy atom. The van der Waals surface area contributed by atoms with Crippen LogP contribution in [0.4, 0.5) is 17.1 Å². The van der Waals surface area contributed by atoms with E-state index in [9.17, 15) is 0 Å². The van der Waals surface area contributed by atoms with E-state index in [4.69, 9.17) is 8.83 Å². The van der Waals surface area contributed by atoms with Crippen molar-refractivity contribution in [3.05, 3.63) is 176 Å². The van der Waals surface area contributed by atoms with Gasteiger partial charge in [0.1, 0.15) is 16.7 Å². The van der Waals surface area contributed by atoms with Crippen LogP contribution < -0.4 is 4.90 Å². The number of para-hydroxylation sites is 3. The molecule has 8 aromatic carbocycles. The molecular weight excluding hydrogens is 599 g/mol. The van der Waals surface area contributed by atoms with E-state index >= 15 is 0 Å². The van der Waals surface area contributed by atoms with Gasteiger partial charge in [-0.2, -0.15) is 0 Å². The molecule has 2 aromatic heterocycles. The van der Waals surface area contributed by atoms with Gasteiger partial charge in [-0.15, -0.1) is 0 Å². The second-order valence-electron chi connectivity index (χ2n) is 12.5. The summed E-state index contributed by atoms with van der Waals surface area (Å²) in [6, 6.07) is 61.8. The van der Waals surface area contributed by atoms with Gasteiger partial charge in [0.15, 0.2) is 5.58 Å². The lowest BCUT2D eigenvalue weighted by molar-refractivity contribution is 0.669. The standard InChI is InChI=1S/C46H29NO2/c1-3-12-31(13-4-1)39-29-44-45(37-18-8-7-16-35(37)39)40-28-32(24-27-43(40)48-44)30-22-25-34(26-23-30)47(33-14-5-2-6-15-33)41-20-11-19-38-36-17-9-10-21-42(36)49-46(38)41/h1-29H. The van der Waals surface area contributed by atoms with Crippen molar-refractivity contribution in [1.29, 1.82) is 0 Å². The van der Waals surface area contributed by atoms with Gasteiger partial charge in [0, 0.05) is 32.9 Å². The second kappa shape index (κ2) is 11.0. The van der Waals surface area contributed by atoms with Crippen LogP contribution in [-0.4, -0.2) is 0 Å². The van der Waals surface area contributed by atoms with Crippen LogP contribution in [0.5, 0.6) is 0 Å². The lowest BCUT2D eigenvalue weighted by atomic mass is 9.94. The molecular formula is C46H29NO2. The molecule has 3 heteroatoms. The van der Waals surface area contributed by atoms with Gasteiger partial charge < -0.3 is 13.7 Å². The van der Waals surface area contributed by atoms with Crippen LogP contribution in [0.1, 0.15) is 0 Å². The molecule has 0 spiro atoms. The zero-order valence-corrected chi connectivity index (χ0v) is 26.5. The highest BCUT2D eigenvalue weighted by atomic mass is 16.3. The summed E-state index contributed by atoms with van der Waals surface area (Å²) in [5, 5.41) is 6.92. The first-order chi connectivity index (χ1) is 24.3. The van der Waals surface area contributed by atoms with E-state index in [0.29, 0.717) is 0 Å². The van der Waals surface area contributed by atoms with Crippen molar-refractivity contribution in [2.75, 3.05) is 4.90 Å². The number of furan rings is 2. The van der Waals surface area contributed by atoms with Crippen molar-refractivity contribution in [2.24, 2.45) is 0 Å². The molecule has 0 unspecified atom stereocenters. The summed E-state index contributed by atoms with van der Waals surface area (Å²) in [4.78, 5) is 2.28. The maximum Gasteiger partial charge on any atom is 0.159 e. The smallest absolute Gasteiger partial charge is 0.159 e. The Balaban J connectivity index is 1.10. The minimum absolute atomic E-state index is 0.872. The largest absolute Gasteiger partial charge is 0.456 e. The van der Waals surface area contributed by atoms with Gasteiger partial charge in [-0.25, -0.2) is 0 Å². The van der Waals surface area contributed by atoms with Crippen LogP contribution in [0.25, 0.3) is 76.9 Å². The molecule has 0 aliphatic carbocycles. The molecule has 0 saturated carbocycles. The molecule has 230 valence electrons. The van der Waals surface area contributed by atoms with Crippen molar-refractivity contribution in [2.45, 2.75) is 0 Å². The lowest BCUT2D eigenvalue weighted by Gasteiger charge is -2.25. The van der Waals surface area contributed by atoms with Gasteiger partial charge in [-0.3, -0.25) is 0 Å². The van der Waals surface area contributed by atoms with E-state index < -0.39 is 0 Å². The fraction of sp³-hybridized carbons (Fsp3) is 0. The Hall–Kier alpha value is -6.58. The van der Waals surface area contributed by atoms with Gasteiger partial charge in [0.05, 0.1) is 5.69 Å². The highest BCUT2D eigenvalue weighted by molar-refractivity contribution is 6.22. The van der Waals surface area contributed by atoms with E-state index in [0.717, 1.165) is 72.1 Å². The van der Waals surface area contributed by atoms with E-state index in [-0.39, 0.29) is 0 Å². The van der Waals surface area contributed by atoms with Gasteiger partial charge >= 0.3 is 0 Å². The van der Waals surface area contributed by atoms with Crippen molar-refractivity contribution < 1.29 is 8.83 Å². The van der Waals surface area contributed by atoms with Crippen molar-refractivity contribution in [3.8, 4) is 22.3 Å². The maximum atomic E-state index is 6.50. The predicted octanol–water partition coefficient (Wildman–Crippen LogP) is 13.4. The Kier molecular flexibility index (Phi) is 6.18. The van der Waals surface area contributed by atoms with Crippen molar-refractivity contribution in [1.82, 2.24) is 0 Å². The molecule has 2 heterocycles. The molecule has 0 amide bonds. The molecule has 0 N–H and O–H groups in total. The summed E-state index contributed by atoms with van der Waals surface area (Å²) in [5.41, 5.74) is 11.3. The van der Waals surface area contributed by atoms with Crippen LogP contribution >= 0.6 is 0 Å². The van der Waals surface area contributed by atoms with Gasteiger partial charge in [-0.1, -0.05) is 121 Å². The van der Waals surface area contributed by atoms with E-state index in [2.05, 4.69) is 163 Å². The van der Waals surface area contributed by atoms with Crippen molar-refractivity contribution >= 4 is 71.7 Å². The summed E-state index contributed by atoms with van der Waals surface area (Å²) >= 11 is 0. The summed E-state index contributed by atoms with van der Waals surface area (Å²) in [5.74, 6) is 0. The topological polar surface area (TPSA) is 29.5 Å². The number of hydrogen-bond acceptors (Lipinski definition) is 3. The monoisotopic (exact) mass is 627 g/mol. The molecule has 0 atom stereocenters. The van der Waals surface area contributed by atoms with Gasteiger partial charge in [0.2, 0.25) is 0 Å². The van der Waals surface area contributed by atoms with Crippen LogP contribution in [-0.2, 0) is 0 Å². The van der Waals surface area contributed by atoms with E-state index in [1.807, 2.05) is 18.2 Å². The fourth-order valence-electron chi connectivity index (χ4n) is 7.39. The highest BCUT2D eigenvalue weighted by Gasteiger charge is 2.20. The zero-order chi connectivity index (χ0) is 32.3. The number of fused-ring (bicyclic) bond motifs is 8. The second-order valence-corrected chi connectivity index (χ2v) is 12.5.